The molecule has 0 bridgehead atoms. The van der Waals surface area contributed by atoms with E-state index < -0.39 is 12.1 Å². The predicted octanol–water partition coefficient (Wildman–Crippen LogP) is 2.56. The van der Waals surface area contributed by atoms with Crippen LogP contribution in [0.5, 0.6) is 0 Å². The van der Waals surface area contributed by atoms with Gasteiger partial charge >= 0.3 is 12.1 Å². The van der Waals surface area contributed by atoms with Gasteiger partial charge in [0.2, 0.25) is 5.95 Å². The molecule has 0 unspecified atom stereocenters. The summed E-state index contributed by atoms with van der Waals surface area (Å²) in [6.45, 7) is 8.95. The van der Waals surface area contributed by atoms with Gasteiger partial charge in [-0.3, -0.25) is 14.4 Å². The number of rotatable bonds is 7. The number of carboxylic acid groups (broad SMARTS) is 1. The van der Waals surface area contributed by atoms with E-state index in [1.807, 2.05) is 13.2 Å². The lowest BCUT2D eigenvalue weighted by molar-refractivity contribution is -0.192. The van der Waals surface area contributed by atoms with Crippen molar-refractivity contribution in [3.63, 3.8) is 0 Å². The standard InChI is InChI=1S/C29H39N9O2.C2HF3O2/c1-35-12-14-38(15-13-35)23-8-6-22(7-9-23)32-29-31-20-21-4-3-5-24-26(34-36(2)27(24)25(21)33-29)28(39)30-10-11-37-16-18-40-19-17-37;3-2(4,5)1(6)7/h6-9,20H,3-5,10-19H2,1-2H3,(H,30,39)(H,31,32,33);(H,6,7). The Morgan fingerprint density at radius 3 is 2.34 bits per heavy atom. The highest BCUT2D eigenvalue weighted by atomic mass is 19.4. The number of fused-ring (bicyclic) bond motifs is 3. The zero-order chi connectivity index (χ0) is 33.6. The third kappa shape index (κ3) is 8.75. The van der Waals surface area contributed by atoms with Gasteiger partial charge in [0.1, 0.15) is 0 Å². The molecule has 2 fully saturated rings. The molecule has 1 amide bonds. The molecule has 3 aromatic rings. The number of carbonyl (C=O) groups is 2. The number of hydrogen-bond donors (Lipinski definition) is 3. The molecule has 4 heterocycles. The molecule has 2 saturated heterocycles. The quantitative estimate of drug-likeness (QED) is 0.345. The molecule has 1 aliphatic carbocycles. The third-order valence-electron chi connectivity index (χ3n) is 8.37. The van der Waals surface area contributed by atoms with Gasteiger partial charge in [-0.25, -0.2) is 14.8 Å². The number of aromatic nitrogens is 4. The molecular formula is C31H40F3N9O4. The summed E-state index contributed by atoms with van der Waals surface area (Å²) in [6.07, 6.45) is -0.610. The van der Waals surface area contributed by atoms with Crippen LogP contribution >= 0.6 is 0 Å². The van der Waals surface area contributed by atoms with Crippen LogP contribution in [0.1, 0.15) is 28.0 Å². The van der Waals surface area contributed by atoms with Crippen molar-refractivity contribution < 1.29 is 32.6 Å². The Morgan fingerprint density at radius 1 is 1.00 bits per heavy atom. The number of likely N-dealkylation sites (N-methyl/N-ethyl adjacent to an activating group) is 1. The summed E-state index contributed by atoms with van der Waals surface area (Å²) in [6, 6.07) is 8.47. The smallest absolute Gasteiger partial charge is 0.475 e. The van der Waals surface area contributed by atoms with Crippen molar-refractivity contribution in [2.75, 3.05) is 82.8 Å². The van der Waals surface area contributed by atoms with Crippen molar-refractivity contribution >= 4 is 29.2 Å². The zero-order valence-electron chi connectivity index (χ0n) is 26.5. The summed E-state index contributed by atoms with van der Waals surface area (Å²) in [7, 11) is 4.06. The lowest BCUT2D eigenvalue weighted by Crippen LogP contribution is -2.44. The molecular weight excluding hydrogens is 619 g/mol. The number of nitrogens with one attached hydrogen (secondary N) is 2. The topological polar surface area (TPSA) is 141 Å². The number of benzene rings is 1. The number of carboxylic acids is 1. The van der Waals surface area contributed by atoms with Crippen molar-refractivity contribution in [2.24, 2.45) is 7.05 Å². The minimum atomic E-state index is -5.08. The highest BCUT2D eigenvalue weighted by Gasteiger charge is 2.38. The van der Waals surface area contributed by atoms with Gasteiger partial charge in [-0.05, 0) is 56.1 Å². The number of carbonyl (C=O) groups excluding carboxylic acids is 1. The molecule has 0 spiro atoms. The summed E-state index contributed by atoms with van der Waals surface area (Å²) in [4.78, 5) is 38.7. The number of hydrogen-bond acceptors (Lipinski definition) is 10. The lowest BCUT2D eigenvalue weighted by Gasteiger charge is -2.34. The monoisotopic (exact) mass is 659 g/mol. The van der Waals surface area contributed by atoms with E-state index in [1.54, 1.807) is 4.68 Å². The fourth-order valence-electron chi connectivity index (χ4n) is 5.78. The van der Waals surface area contributed by atoms with Crippen LogP contribution in [-0.4, -0.2) is 125 Å². The minimum absolute atomic E-state index is 0.124. The van der Waals surface area contributed by atoms with Crippen LogP contribution in [0.2, 0.25) is 0 Å². The molecule has 3 N–H and O–H groups in total. The number of aryl methyl sites for hydroxylation is 2. The Bertz CT molecular complexity index is 1530. The number of nitrogens with zero attached hydrogens (tertiary/aromatic N) is 7. The van der Waals surface area contributed by atoms with E-state index in [9.17, 15) is 18.0 Å². The van der Waals surface area contributed by atoms with Crippen molar-refractivity contribution in [3.8, 4) is 11.4 Å². The molecule has 13 nitrogen and oxygen atoms in total. The molecule has 1 aromatic carbocycles. The summed E-state index contributed by atoms with van der Waals surface area (Å²) in [5, 5.41) is 18.2. The van der Waals surface area contributed by atoms with Gasteiger partial charge in [-0.1, -0.05) is 0 Å². The molecule has 0 saturated carbocycles. The Kier molecular flexibility index (Phi) is 10.9. The van der Waals surface area contributed by atoms with Gasteiger partial charge in [-0.2, -0.15) is 18.3 Å². The Morgan fingerprint density at radius 2 is 1.68 bits per heavy atom. The van der Waals surface area contributed by atoms with Crippen LogP contribution < -0.4 is 15.5 Å². The van der Waals surface area contributed by atoms with E-state index in [1.165, 1.54) is 5.69 Å². The second-order valence-corrected chi connectivity index (χ2v) is 11.7. The number of alkyl halides is 3. The van der Waals surface area contributed by atoms with Crippen LogP contribution in [0.4, 0.5) is 30.5 Å². The van der Waals surface area contributed by atoms with Gasteiger partial charge in [0.05, 0.1) is 24.6 Å². The Hall–Kier alpha value is -4.28. The van der Waals surface area contributed by atoms with Gasteiger partial charge in [0, 0.05) is 82.5 Å². The highest BCUT2D eigenvalue weighted by Crippen LogP contribution is 2.33. The van der Waals surface area contributed by atoms with E-state index in [-0.39, 0.29) is 5.91 Å². The van der Waals surface area contributed by atoms with Crippen molar-refractivity contribution in [2.45, 2.75) is 25.4 Å². The van der Waals surface area contributed by atoms with Crippen LogP contribution in [0, 0.1) is 0 Å². The highest BCUT2D eigenvalue weighted by molar-refractivity contribution is 5.95. The lowest BCUT2D eigenvalue weighted by atomic mass is 10.1. The molecule has 47 heavy (non-hydrogen) atoms. The number of ether oxygens (including phenoxy) is 1. The SMILES string of the molecule is CN1CCN(c2ccc(Nc3ncc4c(n3)-c3c(c(C(=O)NCCN5CCOCC5)nn3C)CCC4)cc2)CC1.O=C(O)C(F)(F)F. The van der Waals surface area contributed by atoms with Crippen LogP contribution in [0.15, 0.2) is 30.5 Å². The first-order chi connectivity index (χ1) is 22.5. The molecule has 254 valence electrons. The fraction of sp³-hybridized carbons (Fsp3) is 0.516. The van der Waals surface area contributed by atoms with Crippen molar-refractivity contribution in [3.05, 3.63) is 47.3 Å². The maximum Gasteiger partial charge on any atom is 0.490 e. The second-order valence-electron chi connectivity index (χ2n) is 11.7. The van der Waals surface area contributed by atoms with Crippen LogP contribution in [-0.2, 0) is 29.4 Å². The zero-order valence-corrected chi connectivity index (χ0v) is 26.5. The van der Waals surface area contributed by atoms with Crippen LogP contribution in [0.3, 0.4) is 0 Å². The fourth-order valence-corrected chi connectivity index (χ4v) is 5.78. The van der Waals surface area contributed by atoms with E-state index in [0.29, 0.717) is 18.2 Å². The van der Waals surface area contributed by atoms with Gasteiger partial charge in [0.25, 0.3) is 5.91 Å². The molecule has 6 rings (SSSR count). The third-order valence-corrected chi connectivity index (χ3v) is 8.37. The number of aliphatic carboxylic acids is 1. The van der Waals surface area contributed by atoms with Gasteiger partial charge in [0.15, 0.2) is 5.69 Å². The van der Waals surface area contributed by atoms with Gasteiger partial charge in [-0.15, -0.1) is 0 Å². The van der Waals surface area contributed by atoms with Crippen molar-refractivity contribution in [1.82, 2.24) is 34.9 Å². The molecule has 0 radical (unpaired) electrons. The molecule has 16 heteroatoms. The van der Waals surface area contributed by atoms with Crippen LogP contribution in [0.25, 0.3) is 11.4 Å². The summed E-state index contributed by atoms with van der Waals surface area (Å²) >= 11 is 0. The first-order valence-electron chi connectivity index (χ1n) is 15.6. The van der Waals surface area contributed by atoms with Gasteiger partial charge < -0.3 is 30.3 Å². The normalized spacial score (nSPS) is 17.1. The number of anilines is 3. The summed E-state index contributed by atoms with van der Waals surface area (Å²) in [5.74, 6) is -2.34. The number of piperazine rings is 1. The average molecular weight is 660 g/mol. The average Bonchev–Trinajstić information content (AvgIpc) is 3.26. The Balaban J connectivity index is 0.000000559. The van der Waals surface area contributed by atoms with E-state index in [2.05, 4.69) is 66.7 Å². The second kappa shape index (κ2) is 15.1. The van der Waals surface area contributed by atoms with Crippen molar-refractivity contribution in [1.29, 1.82) is 0 Å². The maximum atomic E-state index is 13.2. The van der Waals surface area contributed by atoms with E-state index in [4.69, 9.17) is 19.6 Å². The Labute approximate surface area is 270 Å². The maximum absolute atomic E-state index is 13.2. The first-order valence-corrected chi connectivity index (χ1v) is 15.6. The van der Waals surface area contributed by atoms with E-state index >= 15 is 0 Å². The minimum Gasteiger partial charge on any atom is -0.475 e. The molecule has 3 aliphatic rings. The summed E-state index contributed by atoms with van der Waals surface area (Å²) in [5.41, 5.74) is 6.47. The van der Waals surface area contributed by atoms with E-state index in [0.717, 1.165) is 106 Å². The largest absolute Gasteiger partial charge is 0.490 e. The number of halogens is 3. The first kappa shape index (κ1) is 34.1. The predicted molar refractivity (Wildman–Crippen MR) is 169 cm³/mol. The molecule has 2 aliphatic heterocycles. The number of morpholine rings is 1. The molecule has 0 atom stereocenters. The molecule has 2 aromatic heterocycles. The summed E-state index contributed by atoms with van der Waals surface area (Å²) < 4.78 is 39.0. The number of amides is 1.